The summed E-state index contributed by atoms with van der Waals surface area (Å²) >= 11 is 0. The smallest absolute Gasteiger partial charge is 0.0662 e. The largest absolute Gasteiger partial charge is 0.397 e. The molecule has 0 spiro atoms. The van der Waals surface area contributed by atoms with Crippen LogP contribution in [0.25, 0.3) is 0 Å². The molecule has 1 atom stereocenters. The number of allylic oxidation sites excluding steroid dienone is 30. The van der Waals surface area contributed by atoms with E-state index in [1.54, 1.807) is 0 Å². The van der Waals surface area contributed by atoms with Crippen molar-refractivity contribution in [3.63, 3.8) is 0 Å². The van der Waals surface area contributed by atoms with Crippen molar-refractivity contribution < 1.29 is 0 Å². The molecule has 0 saturated carbocycles. The van der Waals surface area contributed by atoms with Gasteiger partial charge in [-0.1, -0.05) is 178 Å². The van der Waals surface area contributed by atoms with Gasteiger partial charge in [0, 0.05) is 17.2 Å². The Bertz CT molecular complexity index is 1350. The zero-order valence-electron chi connectivity index (χ0n) is 23.8. The maximum absolute atomic E-state index is 7.11. The molecule has 0 heterocycles. The van der Waals surface area contributed by atoms with Crippen molar-refractivity contribution >= 4 is 0 Å². The number of unbranched alkanes of at least 4 members (excludes halogenated alkanes) is 1. The molecule has 0 saturated heterocycles. The lowest BCUT2D eigenvalue weighted by Gasteiger charge is -2.24. The number of nitrogens with one attached hydrogen (secondary N) is 1. The minimum atomic E-state index is 0.265. The molecular weight excluding hydrogens is 484 g/mol. The van der Waals surface area contributed by atoms with Crippen molar-refractivity contribution in [1.82, 2.24) is 5.32 Å². The second kappa shape index (κ2) is 17.9. The van der Waals surface area contributed by atoms with Gasteiger partial charge < -0.3 is 11.1 Å². The molecule has 2 nitrogen and oxygen atoms in total. The van der Waals surface area contributed by atoms with E-state index in [4.69, 9.17) is 5.73 Å². The van der Waals surface area contributed by atoms with Gasteiger partial charge in [-0.2, -0.15) is 0 Å². The molecule has 0 bridgehead atoms. The highest BCUT2D eigenvalue weighted by Crippen LogP contribution is 2.28. The van der Waals surface area contributed by atoms with Gasteiger partial charge in [0.05, 0.1) is 11.4 Å². The van der Waals surface area contributed by atoms with Crippen LogP contribution in [0.2, 0.25) is 0 Å². The molecule has 0 amide bonds. The van der Waals surface area contributed by atoms with Gasteiger partial charge in [0.2, 0.25) is 0 Å². The monoisotopic (exact) mass is 526 g/mol. The van der Waals surface area contributed by atoms with Crippen LogP contribution in [0.15, 0.2) is 192 Å². The summed E-state index contributed by atoms with van der Waals surface area (Å²) in [5.41, 5.74) is 12.9. The van der Waals surface area contributed by atoms with Crippen molar-refractivity contribution in [3.05, 3.63) is 192 Å². The molecule has 0 aromatic heterocycles. The van der Waals surface area contributed by atoms with E-state index in [0.717, 1.165) is 52.9 Å². The predicted octanol–water partition coefficient (Wildman–Crippen LogP) is 9.19. The normalized spacial score (nSPS) is 26.4. The Kier molecular flexibility index (Phi) is 13.4. The van der Waals surface area contributed by atoms with E-state index in [2.05, 4.69) is 92.1 Å². The molecule has 1 unspecified atom stereocenters. The highest BCUT2D eigenvalue weighted by atomic mass is 14.9. The SMILES string of the molecule is CCCCC(C)NC1=C(C2=C\C=C/C=C\C=C/C=C\C=C2)/C=C\C=C/C(C2=C\C=C/C=C\C=C/C=C\C=C2)=C1N. The first-order valence-electron chi connectivity index (χ1n) is 14.2. The number of nitrogens with two attached hydrogens (primary N) is 1. The summed E-state index contributed by atoms with van der Waals surface area (Å²) < 4.78 is 0. The topological polar surface area (TPSA) is 38.0 Å². The third kappa shape index (κ3) is 10.3. The average molecular weight is 527 g/mol. The van der Waals surface area contributed by atoms with Crippen molar-refractivity contribution in [3.8, 4) is 0 Å². The third-order valence-electron chi connectivity index (χ3n) is 6.35. The maximum Gasteiger partial charge on any atom is 0.0662 e. The van der Waals surface area contributed by atoms with Crippen LogP contribution in [0.3, 0.4) is 0 Å². The van der Waals surface area contributed by atoms with Crippen molar-refractivity contribution in [2.75, 3.05) is 0 Å². The Morgan fingerprint density at radius 2 is 0.950 bits per heavy atom. The van der Waals surface area contributed by atoms with Crippen LogP contribution < -0.4 is 11.1 Å². The molecule has 0 aliphatic heterocycles. The van der Waals surface area contributed by atoms with Gasteiger partial charge in [-0.15, -0.1) is 0 Å². The lowest BCUT2D eigenvalue weighted by atomic mass is 9.93. The second-order valence-corrected chi connectivity index (χ2v) is 9.56. The summed E-state index contributed by atoms with van der Waals surface area (Å²) in [5.74, 6) is 0. The van der Waals surface area contributed by atoms with E-state index < -0.39 is 0 Å². The highest BCUT2D eigenvalue weighted by molar-refractivity contribution is 5.62. The standard InChI is InChI=1S/C38H42N2/c1-3-4-25-32(2)40-38-36(34-28-21-17-13-9-6-10-14-18-22-29-34)31-24-23-30-35(37(38)39)33-26-19-15-11-7-5-8-12-16-20-27-33/h5-24,26-32,40H,3-4,25,39H2,1-2H3/b7-5-,8-5?,9-6-,10-6?,11-7?,12-8-,13-9?,14-10-,15-11-,16-12?,17-13-,18-14?,19-15?,20-16-,21-17?,22-18-,24-23?,26-19?,27-20?,28-21?,29-22?,30-23-,31-24-,33-26?,33-27?,34-28?,34-29?,35-30?,36-31?,37-35?,38-36?,38-37?. The first-order chi connectivity index (χ1) is 19.7. The molecule has 0 aromatic carbocycles. The summed E-state index contributed by atoms with van der Waals surface area (Å²) in [4.78, 5) is 0. The summed E-state index contributed by atoms with van der Waals surface area (Å²) in [6.45, 7) is 4.46. The van der Waals surface area contributed by atoms with E-state index >= 15 is 0 Å². The summed E-state index contributed by atoms with van der Waals surface area (Å²) in [6.07, 6.45) is 56.9. The van der Waals surface area contributed by atoms with Crippen LogP contribution in [0.5, 0.6) is 0 Å². The molecule has 2 heteroatoms. The van der Waals surface area contributed by atoms with E-state index in [-0.39, 0.29) is 6.04 Å². The molecule has 204 valence electrons. The van der Waals surface area contributed by atoms with Gasteiger partial charge in [0.1, 0.15) is 0 Å². The van der Waals surface area contributed by atoms with Crippen LogP contribution >= 0.6 is 0 Å². The summed E-state index contributed by atoms with van der Waals surface area (Å²) in [6, 6.07) is 0.265. The van der Waals surface area contributed by atoms with E-state index in [1.165, 1.54) is 0 Å². The van der Waals surface area contributed by atoms with Gasteiger partial charge >= 0.3 is 0 Å². The Hall–Kier alpha value is -4.56. The third-order valence-corrected chi connectivity index (χ3v) is 6.35. The summed E-state index contributed by atoms with van der Waals surface area (Å²) in [5, 5.41) is 3.81. The fraction of sp³-hybridized carbons (Fsp3) is 0.158. The molecular formula is C38H42N2. The zero-order chi connectivity index (χ0) is 28.3. The molecule has 3 aliphatic rings. The molecule has 3 N–H and O–H groups in total. The maximum atomic E-state index is 7.11. The van der Waals surface area contributed by atoms with E-state index in [9.17, 15) is 0 Å². The molecule has 0 aromatic rings. The van der Waals surface area contributed by atoms with Crippen LogP contribution in [-0.2, 0) is 0 Å². The lowest BCUT2D eigenvalue weighted by Crippen LogP contribution is -2.30. The Labute approximate surface area is 241 Å². The summed E-state index contributed by atoms with van der Waals surface area (Å²) in [7, 11) is 0. The minimum Gasteiger partial charge on any atom is -0.397 e. The van der Waals surface area contributed by atoms with Gasteiger partial charge in [0.25, 0.3) is 0 Å². The number of hydrogen-bond donors (Lipinski definition) is 2. The Morgan fingerprint density at radius 1 is 0.550 bits per heavy atom. The van der Waals surface area contributed by atoms with Crippen LogP contribution in [0.4, 0.5) is 0 Å². The second-order valence-electron chi connectivity index (χ2n) is 9.56. The number of rotatable bonds is 7. The van der Waals surface area contributed by atoms with Crippen LogP contribution in [-0.4, -0.2) is 6.04 Å². The van der Waals surface area contributed by atoms with Gasteiger partial charge in [-0.05, 0) is 24.5 Å². The molecule has 0 radical (unpaired) electrons. The minimum absolute atomic E-state index is 0.265. The first kappa shape index (κ1) is 30.0. The van der Waals surface area contributed by atoms with Gasteiger partial charge in [-0.3, -0.25) is 0 Å². The highest BCUT2D eigenvalue weighted by Gasteiger charge is 2.18. The fourth-order valence-electron chi connectivity index (χ4n) is 4.24. The van der Waals surface area contributed by atoms with Crippen LogP contribution in [0, 0.1) is 0 Å². The van der Waals surface area contributed by atoms with Gasteiger partial charge in [-0.25, -0.2) is 0 Å². The number of hydrogen-bond acceptors (Lipinski definition) is 2. The first-order valence-corrected chi connectivity index (χ1v) is 14.2. The molecule has 40 heavy (non-hydrogen) atoms. The Balaban J connectivity index is 2.21. The predicted molar refractivity (Wildman–Crippen MR) is 176 cm³/mol. The lowest BCUT2D eigenvalue weighted by molar-refractivity contribution is 0.540. The van der Waals surface area contributed by atoms with E-state index in [0.29, 0.717) is 0 Å². The zero-order valence-corrected chi connectivity index (χ0v) is 23.8. The molecule has 3 aliphatic carbocycles. The van der Waals surface area contributed by atoms with Crippen molar-refractivity contribution in [1.29, 1.82) is 0 Å². The van der Waals surface area contributed by atoms with Gasteiger partial charge in [0.15, 0.2) is 0 Å². The fourth-order valence-corrected chi connectivity index (χ4v) is 4.24. The molecule has 0 fully saturated rings. The quantitative estimate of drug-likeness (QED) is 0.347. The van der Waals surface area contributed by atoms with Crippen LogP contribution in [0.1, 0.15) is 33.1 Å². The Morgan fingerprint density at radius 3 is 1.45 bits per heavy atom. The van der Waals surface area contributed by atoms with Crippen molar-refractivity contribution in [2.45, 2.75) is 39.2 Å². The average Bonchev–Trinajstić information content (AvgIpc) is 2.93. The van der Waals surface area contributed by atoms with Crippen molar-refractivity contribution in [2.24, 2.45) is 5.73 Å². The molecule has 3 rings (SSSR count). The van der Waals surface area contributed by atoms with E-state index in [1.807, 2.05) is 85.1 Å².